The molecule has 0 aliphatic carbocycles. The Morgan fingerprint density at radius 2 is 1.55 bits per heavy atom. The Kier molecular flexibility index (Phi) is 5.26. The van der Waals surface area contributed by atoms with Crippen molar-refractivity contribution in [1.29, 1.82) is 0 Å². The van der Waals surface area contributed by atoms with Crippen molar-refractivity contribution < 1.29 is 9.48 Å². The van der Waals surface area contributed by atoms with Crippen LogP contribution in [-0.4, -0.2) is 44.9 Å². The number of aromatic nitrogens is 9. The van der Waals surface area contributed by atoms with E-state index in [1.54, 1.807) is 4.52 Å². The summed E-state index contributed by atoms with van der Waals surface area (Å²) in [6, 6.07) is 0. The first-order chi connectivity index (χ1) is 18.1. The van der Waals surface area contributed by atoms with Crippen LogP contribution in [0.25, 0.3) is 38.6 Å². The molecule has 0 amide bonds. The molecule has 0 atom stereocenters. The van der Waals surface area contributed by atoms with Crippen molar-refractivity contribution in [1.82, 2.24) is 38.6 Å². The number of aryl methyl sites for hydroxylation is 3. The summed E-state index contributed by atoms with van der Waals surface area (Å²) in [5, 5.41) is 23.0. The monoisotopic (exact) mass is 530 g/mol. The Morgan fingerprint density at radius 1 is 0.868 bits per heavy atom. The third-order valence-corrected chi connectivity index (χ3v) is 8.70. The van der Waals surface area contributed by atoms with E-state index in [2.05, 4.69) is 46.3 Å². The summed E-state index contributed by atoms with van der Waals surface area (Å²) in [6.07, 6.45) is 4.78. The lowest BCUT2D eigenvalue weighted by Crippen LogP contribution is -2.39. The van der Waals surface area contributed by atoms with Gasteiger partial charge in [0, 0.05) is 65.7 Å². The smallest absolute Gasteiger partial charge is 0.215 e. The summed E-state index contributed by atoms with van der Waals surface area (Å²) in [5.41, 5.74) is 8.09. The number of hydrogen-bond acceptors (Lipinski definition) is 5. The van der Waals surface area contributed by atoms with Gasteiger partial charge in [0.05, 0.1) is 33.6 Å². The Balaban J connectivity index is 1.59. The summed E-state index contributed by atoms with van der Waals surface area (Å²) in [5.74, 6) is 0.545. The van der Waals surface area contributed by atoms with Crippen molar-refractivity contribution in [3.8, 4) is 11.4 Å². The quantitative estimate of drug-likeness (QED) is 0.255. The molecule has 0 saturated heterocycles. The molecule has 0 aliphatic heterocycles. The Bertz CT molecular complexity index is 1970. The Hall–Kier alpha value is -4.05. The van der Waals surface area contributed by atoms with Crippen molar-refractivity contribution in [2.75, 3.05) is 0 Å². The van der Waals surface area contributed by atoms with Crippen molar-refractivity contribution in [2.24, 2.45) is 21.1 Å². The predicted octanol–water partition coefficient (Wildman–Crippen LogP) is 3.85. The van der Waals surface area contributed by atoms with Gasteiger partial charge in [0.2, 0.25) is 17.9 Å². The van der Waals surface area contributed by atoms with Gasteiger partial charge in [-0.2, -0.15) is 9.61 Å². The molecule has 6 aromatic rings. The maximum Gasteiger partial charge on any atom is 0.215 e. The van der Waals surface area contributed by atoms with Gasteiger partial charge >= 0.3 is 0 Å². The molecule has 0 fully saturated rings. The van der Waals surface area contributed by atoms with Crippen LogP contribution in [0, 0.1) is 34.6 Å². The third kappa shape index (κ3) is 3.06. The van der Waals surface area contributed by atoms with E-state index in [4.69, 9.17) is 21.8 Å². The van der Waals surface area contributed by atoms with Gasteiger partial charge < -0.3 is 13.7 Å². The molecule has 0 radical (unpaired) electrons. The van der Waals surface area contributed by atoms with Crippen molar-refractivity contribution in [3.05, 3.63) is 57.3 Å². The van der Waals surface area contributed by atoms with Crippen molar-refractivity contribution >= 4 is 45.1 Å². The van der Waals surface area contributed by atoms with Gasteiger partial charge in [0.15, 0.2) is 17.8 Å². The maximum atomic E-state index is 12.0. The van der Waals surface area contributed by atoms with E-state index in [9.17, 15) is 4.79 Å². The minimum Gasteiger partial charge on any atom is -0.351 e. The summed E-state index contributed by atoms with van der Waals surface area (Å²) >= 11 is 6.69. The lowest BCUT2D eigenvalue weighted by atomic mass is 10.1. The average molecular weight is 531 g/mol. The van der Waals surface area contributed by atoms with Crippen LogP contribution in [0.1, 0.15) is 44.5 Å². The summed E-state index contributed by atoms with van der Waals surface area (Å²) in [6.45, 7) is 10.6. The van der Waals surface area contributed by atoms with E-state index in [1.807, 2.05) is 50.4 Å². The van der Waals surface area contributed by atoms with Crippen LogP contribution in [-0.2, 0) is 27.7 Å². The fourth-order valence-electron chi connectivity index (χ4n) is 5.67. The van der Waals surface area contributed by atoms with Crippen LogP contribution in [0.5, 0.6) is 0 Å². The first kappa shape index (κ1) is 24.3. The average Bonchev–Trinajstić information content (AvgIpc) is 3.55. The zero-order valence-corrected chi connectivity index (χ0v) is 23.5. The molecule has 194 valence electrons. The fraction of sp³-hybridized carbons (Fsp3) is 0.333. The molecule has 11 heteroatoms. The van der Waals surface area contributed by atoms with Crippen molar-refractivity contribution in [2.45, 2.75) is 41.2 Å². The first-order valence-electron chi connectivity index (χ1n) is 12.4. The first-order valence-corrected chi connectivity index (χ1v) is 12.8. The van der Waals surface area contributed by atoms with E-state index in [-0.39, 0.29) is 0 Å². The normalized spacial score (nSPS) is 12.0. The molecule has 0 aromatic carbocycles. The van der Waals surface area contributed by atoms with E-state index in [0.29, 0.717) is 28.7 Å². The second-order valence-corrected chi connectivity index (χ2v) is 10.4. The summed E-state index contributed by atoms with van der Waals surface area (Å²) in [7, 11) is 6.01. The second-order valence-electron chi connectivity index (χ2n) is 10.1. The SMILES string of the molecule is Cc1c(C=O)c(-c2nnc3c4c(C[n+]5cc6c(C)n(C)c(C)c6c(Cl)n5)n(C)c(C)c4cnn23)c(C)n1C. The van der Waals surface area contributed by atoms with Gasteiger partial charge in [0.25, 0.3) is 0 Å². The fourth-order valence-corrected chi connectivity index (χ4v) is 6.00. The zero-order valence-electron chi connectivity index (χ0n) is 22.8. The second kappa shape index (κ2) is 8.22. The molecule has 0 spiro atoms. The number of nitrogens with zero attached hydrogens (tertiary/aromatic N) is 9. The van der Waals surface area contributed by atoms with Gasteiger partial charge in [-0.3, -0.25) is 4.79 Å². The molecule has 38 heavy (non-hydrogen) atoms. The molecule has 0 unspecified atom stereocenters. The van der Waals surface area contributed by atoms with Gasteiger partial charge in [-0.15, -0.1) is 10.2 Å². The number of rotatable bonds is 4. The largest absolute Gasteiger partial charge is 0.351 e. The molecular formula is C27H29ClN9O+. The van der Waals surface area contributed by atoms with Crippen LogP contribution in [0.15, 0.2) is 12.4 Å². The van der Waals surface area contributed by atoms with Crippen LogP contribution in [0.2, 0.25) is 5.15 Å². The van der Waals surface area contributed by atoms with Gasteiger partial charge in [-0.25, -0.2) is 0 Å². The van der Waals surface area contributed by atoms with Crippen molar-refractivity contribution in [3.63, 3.8) is 0 Å². The van der Waals surface area contributed by atoms with Crippen LogP contribution < -0.4 is 4.68 Å². The topological polar surface area (TPSA) is 91.7 Å². The molecule has 6 aromatic heterocycles. The van der Waals surface area contributed by atoms with Gasteiger partial charge in [-0.1, -0.05) is 16.3 Å². The molecule has 10 nitrogen and oxygen atoms in total. The minimum atomic E-state index is 0.479. The molecule has 0 N–H and O–H groups in total. The summed E-state index contributed by atoms with van der Waals surface area (Å²) in [4.78, 5) is 12.0. The highest BCUT2D eigenvalue weighted by Gasteiger charge is 2.27. The molecule has 0 bridgehead atoms. The zero-order chi connectivity index (χ0) is 27.2. The number of aldehydes is 1. The maximum absolute atomic E-state index is 12.0. The highest BCUT2D eigenvalue weighted by atomic mass is 35.5. The molecule has 6 rings (SSSR count). The summed E-state index contributed by atoms with van der Waals surface area (Å²) < 4.78 is 9.89. The number of carbonyl (C=O) groups excluding carboxylic acids is 1. The highest BCUT2D eigenvalue weighted by Crippen LogP contribution is 2.33. The Labute approximate surface area is 224 Å². The molecule has 0 aliphatic rings. The van der Waals surface area contributed by atoms with E-state index in [1.165, 1.54) is 0 Å². The van der Waals surface area contributed by atoms with Gasteiger partial charge in [-0.05, 0) is 34.6 Å². The minimum absolute atomic E-state index is 0.479. The number of hydrogen-bond donors (Lipinski definition) is 0. The van der Waals surface area contributed by atoms with Crippen LogP contribution in [0.4, 0.5) is 0 Å². The number of halogens is 1. The van der Waals surface area contributed by atoms with E-state index >= 15 is 0 Å². The van der Waals surface area contributed by atoms with Crippen LogP contribution >= 0.6 is 11.6 Å². The predicted molar refractivity (Wildman–Crippen MR) is 146 cm³/mol. The lowest BCUT2D eigenvalue weighted by molar-refractivity contribution is -0.745. The van der Waals surface area contributed by atoms with Gasteiger partial charge in [0.1, 0.15) is 0 Å². The van der Waals surface area contributed by atoms with Crippen LogP contribution in [0.3, 0.4) is 0 Å². The van der Waals surface area contributed by atoms with E-state index in [0.717, 1.165) is 67.6 Å². The Morgan fingerprint density at radius 3 is 2.26 bits per heavy atom. The molecular weight excluding hydrogens is 502 g/mol. The lowest BCUT2D eigenvalue weighted by Gasteiger charge is -2.03. The van der Waals surface area contributed by atoms with E-state index < -0.39 is 0 Å². The molecule has 6 heterocycles. The number of fused-ring (bicyclic) bond motifs is 4. The number of carbonyl (C=O) groups is 1. The third-order valence-electron chi connectivity index (χ3n) is 8.43. The highest BCUT2D eigenvalue weighted by molar-refractivity contribution is 6.34. The standard InChI is InChI=1S/C27H29ClN9O/c1-13-18-9-29-37-26(23-17(5)34(7)15(3)20(23)12-38)30-31-27(37)24(18)21(35(13)8)11-36-10-19-14(2)33(6)16(4)22(19)25(28)32-36/h9-10,12H,11H2,1-8H3/q+1. The molecule has 0 saturated carbocycles.